The quantitative estimate of drug-likeness (QED) is 0.749. The lowest BCUT2D eigenvalue weighted by molar-refractivity contribution is -0.137. The molecule has 2 N–H and O–H groups in total. The highest BCUT2D eigenvalue weighted by molar-refractivity contribution is 6.42. The van der Waals surface area contributed by atoms with Crippen LogP contribution >= 0.6 is 23.2 Å². The van der Waals surface area contributed by atoms with Crippen molar-refractivity contribution in [2.24, 2.45) is 0 Å². The van der Waals surface area contributed by atoms with Gasteiger partial charge >= 0.3 is 6.18 Å². The van der Waals surface area contributed by atoms with Crippen molar-refractivity contribution in [1.29, 1.82) is 0 Å². The highest BCUT2D eigenvalue weighted by atomic mass is 35.5. The second kappa shape index (κ2) is 8.08. The SMILES string of the molecule is CN(c1nc(Nc2ccc(Cl)c(Cl)c2)ncc1C(F)(F)F)C1CCNCC1. The molecule has 1 aliphatic heterocycles. The molecule has 1 aliphatic rings. The van der Waals surface area contributed by atoms with Gasteiger partial charge in [-0.25, -0.2) is 4.98 Å². The fraction of sp³-hybridized carbons (Fsp3) is 0.412. The number of nitrogens with one attached hydrogen (secondary N) is 2. The van der Waals surface area contributed by atoms with Crippen molar-refractivity contribution in [2.45, 2.75) is 25.1 Å². The number of hydrogen-bond acceptors (Lipinski definition) is 5. The lowest BCUT2D eigenvalue weighted by Gasteiger charge is -2.33. The summed E-state index contributed by atoms with van der Waals surface area (Å²) in [5.74, 6) is -0.0934. The van der Waals surface area contributed by atoms with E-state index in [2.05, 4.69) is 20.6 Å². The number of alkyl halides is 3. The third-order valence-electron chi connectivity index (χ3n) is 4.44. The maximum Gasteiger partial charge on any atom is 0.421 e. The second-order valence-electron chi connectivity index (χ2n) is 6.27. The first-order chi connectivity index (χ1) is 12.8. The van der Waals surface area contributed by atoms with Crippen molar-refractivity contribution >= 4 is 40.7 Å². The van der Waals surface area contributed by atoms with Crippen LogP contribution in [0.1, 0.15) is 18.4 Å². The van der Waals surface area contributed by atoms with Crippen molar-refractivity contribution < 1.29 is 13.2 Å². The van der Waals surface area contributed by atoms with Crippen LogP contribution in [0.5, 0.6) is 0 Å². The van der Waals surface area contributed by atoms with Gasteiger partial charge in [-0.05, 0) is 44.1 Å². The smallest absolute Gasteiger partial charge is 0.356 e. The summed E-state index contributed by atoms with van der Waals surface area (Å²) in [5.41, 5.74) is -0.331. The first-order valence-electron chi connectivity index (χ1n) is 8.35. The minimum atomic E-state index is -4.54. The maximum atomic E-state index is 13.5. The van der Waals surface area contributed by atoms with Gasteiger partial charge in [0, 0.05) is 25.0 Å². The van der Waals surface area contributed by atoms with Gasteiger partial charge in [0.25, 0.3) is 0 Å². The summed E-state index contributed by atoms with van der Waals surface area (Å²) in [6.45, 7) is 1.52. The molecule has 0 spiro atoms. The Morgan fingerprint density at radius 1 is 1.19 bits per heavy atom. The summed E-state index contributed by atoms with van der Waals surface area (Å²) in [4.78, 5) is 9.56. The number of aromatic nitrogens is 2. The van der Waals surface area contributed by atoms with E-state index in [1.165, 1.54) is 0 Å². The van der Waals surface area contributed by atoms with E-state index in [9.17, 15) is 13.2 Å². The fourth-order valence-corrected chi connectivity index (χ4v) is 3.27. The van der Waals surface area contributed by atoms with Crippen LogP contribution in [0.3, 0.4) is 0 Å². The predicted octanol–water partition coefficient (Wildman–Crippen LogP) is 4.73. The van der Waals surface area contributed by atoms with E-state index in [1.807, 2.05) is 0 Å². The molecule has 27 heavy (non-hydrogen) atoms. The molecule has 0 atom stereocenters. The lowest BCUT2D eigenvalue weighted by atomic mass is 10.0. The molecular weight excluding hydrogens is 402 g/mol. The minimum absolute atomic E-state index is 0.0277. The van der Waals surface area contributed by atoms with Crippen LogP contribution in [-0.4, -0.2) is 36.1 Å². The summed E-state index contributed by atoms with van der Waals surface area (Å²) >= 11 is 11.9. The molecule has 2 aromatic rings. The molecule has 10 heteroatoms. The topological polar surface area (TPSA) is 53.1 Å². The molecule has 0 aliphatic carbocycles. The Morgan fingerprint density at radius 3 is 2.52 bits per heavy atom. The second-order valence-corrected chi connectivity index (χ2v) is 7.09. The molecule has 1 fully saturated rings. The number of hydrogen-bond donors (Lipinski definition) is 2. The number of halogens is 5. The van der Waals surface area contributed by atoms with Gasteiger partial charge in [0.2, 0.25) is 5.95 Å². The zero-order valence-corrected chi connectivity index (χ0v) is 16.0. The van der Waals surface area contributed by atoms with E-state index in [0.717, 1.165) is 32.1 Å². The molecule has 0 radical (unpaired) electrons. The maximum absolute atomic E-state index is 13.5. The van der Waals surface area contributed by atoms with Gasteiger partial charge in [0.1, 0.15) is 11.4 Å². The summed E-state index contributed by atoms with van der Waals surface area (Å²) < 4.78 is 40.4. The Morgan fingerprint density at radius 2 is 1.89 bits per heavy atom. The van der Waals surface area contributed by atoms with E-state index < -0.39 is 11.7 Å². The van der Waals surface area contributed by atoms with Gasteiger partial charge in [-0.3, -0.25) is 0 Å². The lowest BCUT2D eigenvalue weighted by Crippen LogP contribution is -2.42. The molecule has 0 bridgehead atoms. The third-order valence-corrected chi connectivity index (χ3v) is 5.18. The monoisotopic (exact) mass is 419 g/mol. The number of anilines is 3. The molecule has 0 unspecified atom stereocenters. The molecule has 0 saturated carbocycles. The van der Waals surface area contributed by atoms with Crippen LogP contribution in [0.25, 0.3) is 0 Å². The Hall–Kier alpha value is -1.77. The Bertz CT molecular complexity index is 810. The van der Waals surface area contributed by atoms with Crippen molar-refractivity contribution in [3.05, 3.63) is 40.0 Å². The predicted molar refractivity (Wildman–Crippen MR) is 101 cm³/mol. The number of nitrogens with zero attached hydrogens (tertiary/aromatic N) is 3. The summed E-state index contributed by atoms with van der Waals surface area (Å²) in [6, 6.07) is 4.75. The van der Waals surface area contributed by atoms with E-state index >= 15 is 0 Å². The number of benzene rings is 1. The van der Waals surface area contributed by atoms with Gasteiger partial charge in [-0.1, -0.05) is 23.2 Å². The zero-order valence-electron chi connectivity index (χ0n) is 14.4. The molecule has 146 valence electrons. The first-order valence-corrected chi connectivity index (χ1v) is 9.11. The molecule has 5 nitrogen and oxygen atoms in total. The zero-order chi connectivity index (χ0) is 19.6. The molecule has 1 aromatic heterocycles. The summed E-state index contributed by atoms with van der Waals surface area (Å²) in [7, 11) is 1.64. The van der Waals surface area contributed by atoms with Crippen LogP contribution in [0.4, 0.5) is 30.6 Å². The van der Waals surface area contributed by atoms with E-state index in [1.54, 1.807) is 30.1 Å². The van der Waals surface area contributed by atoms with Gasteiger partial charge in [0.15, 0.2) is 0 Å². The highest BCUT2D eigenvalue weighted by Crippen LogP contribution is 2.37. The van der Waals surface area contributed by atoms with Crippen molar-refractivity contribution in [3.63, 3.8) is 0 Å². The molecule has 1 saturated heterocycles. The molecule has 2 heterocycles. The minimum Gasteiger partial charge on any atom is -0.356 e. The summed E-state index contributed by atoms with van der Waals surface area (Å²) in [6.07, 6.45) is -2.25. The first kappa shape index (κ1) is 20.0. The largest absolute Gasteiger partial charge is 0.421 e. The Kier molecular flexibility index (Phi) is 5.98. The third kappa shape index (κ3) is 4.75. The van der Waals surface area contributed by atoms with E-state index in [4.69, 9.17) is 23.2 Å². The standard InChI is InChI=1S/C17H18Cl2F3N5/c1-27(11-4-6-23-7-5-11)15-12(17(20,21)22)9-24-16(26-15)25-10-2-3-13(18)14(19)8-10/h2-3,8-9,11,23H,4-7H2,1H3,(H,24,25,26). The van der Waals surface area contributed by atoms with E-state index in [0.29, 0.717) is 15.7 Å². The van der Waals surface area contributed by atoms with Crippen LogP contribution in [-0.2, 0) is 6.18 Å². The molecule has 0 amide bonds. The van der Waals surface area contributed by atoms with Crippen LogP contribution in [0, 0.1) is 0 Å². The Balaban J connectivity index is 1.93. The van der Waals surface area contributed by atoms with E-state index in [-0.39, 0.29) is 17.8 Å². The molecule has 1 aromatic carbocycles. The van der Waals surface area contributed by atoms with Gasteiger partial charge < -0.3 is 15.5 Å². The number of rotatable bonds is 4. The summed E-state index contributed by atoms with van der Waals surface area (Å²) in [5, 5.41) is 6.78. The highest BCUT2D eigenvalue weighted by Gasteiger charge is 2.37. The van der Waals surface area contributed by atoms with Gasteiger partial charge in [-0.15, -0.1) is 0 Å². The average Bonchev–Trinajstić information content (AvgIpc) is 2.64. The van der Waals surface area contributed by atoms with Crippen LogP contribution < -0.4 is 15.5 Å². The molecular formula is C17H18Cl2F3N5. The van der Waals surface area contributed by atoms with Crippen LogP contribution in [0.15, 0.2) is 24.4 Å². The fourth-order valence-electron chi connectivity index (χ4n) is 2.97. The van der Waals surface area contributed by atoms with Gasteiger partial charge in [0.05, 0.1) is 10.0 Å². The number of piperidine rings is 1. The normalized spacial score (nSPS) is 15.6. The van der Waals surface area contributed by atoms with Crippen molar-refractivity contribution in [3.8, 4) is 0 Å². The molecule has 3 rings (SSSR count). The average molecular weight is 420 g/mol. The Labute approximate surface area is 164 Å². The van der Waals surface area contributed by atoms with Crippen molar-refractivity contribution in [1.82, 2.24) is 15.3 Å². The van der Waals surface area contributed by atoms with Crippen LogP contribution in [0.2, 0.25) is 10.0 Å². The van der Waals surface area contributed by atoms with Gasteiger partial charge in [-0.2, -0.15) is 18.2 Å². The van der Waals surface area contributed by atoms with Crippen molar-refractivity contribution in [2.75, 3.05) is 30.4 Å².